The third-order valence-electron chi connectivity index (χ3n) is 3.66. The molecule has 0 amide bonds. The van der Waals surface area contributed by atoms with E-state index in [0.717, 1.165) is 6.42 Å². The zero-order valence-electron chi connectivity index (χ0n) is 11.0. The maximum Gasteiger partial charge on any atom is 0.0369 e. The van der Waals surface area contributed by atoms with Crippen molar-refractivity contribution in [2.45, 2.75) is 20.3 Å². The van der Waals surface area contributed by atoms with E-state index >= 15 is 0 Å². The van der Waals surface area contributed by atoms with Crippen LogP contribution in [0.3, 0.4) is 0 Å². The smallest absolute Gasteiger partial charge is 0.0369 e. The van der Waals surface area contributed by atoms with Crippen molar-refractivity contribution in [1.82, 2.24) is 0 Å². The summed E-state index contributed by atoms with van der Waals surface area (Å²) in [7, 11) is 0. The van der Waals surface area contributed by atoms with Crippen LogP contribution in [-0.4, -0.2) is 0 Å². The minimum atomic E-state index is 1.13. The topological polar surface area (TPSA) is 0 Å². The summed E-state index contributed by atoms with van der Waals surface area (Å²) < 4.78 is 4.24. The Morgan fingerprint density at radius 1 is 0.842 bits per heavy atom. The van der Waals surface area contributed by atoms with Gasteiger partial charge in [-0.1, -0.05) is 18.6 Å². The molecule has 0 bridgehead atoms. The highest BCUT2D eigenvalue weighted by Crippen LogP contribution is 2.39. The Balaban J connectivity index is 2.15. The summed E-state index contributed by atoms with van der Waals surface area (Å²) in [5.74, 6) is 0. The van der Waals surface area contributed by atoms with Gasteiger partial charge in [-0.15, -0.1) is 22.7 Å². The number of hydrogen-bond donors (Lipinski definition) is 0. The van der Waals surface area contributed by atoms with Gasteiger partial charge >= 0.3 is 0 Å². The lowest BCUT2D eigenvalue weighted by Gasteiger charge is -1.94. The van der Waals surface area contributed by atoms with Crippen molar-refractivity contribution in [2.75, 3.05) is 0 Å². The van der Waals surface area contributed by atoms with E-state index in [2.05, 4.69) is 50.2 Å². The summed E-state index contributed by atoms with van der Waals surface area (Å²) in [6.45, 7) is 4.40. The molecule has 0 aliphatic heterocycles. The highest BCUT2D eigenvalue weighted by Gasteiger charge is 2.08. The maximum atomic E-state index is 2.37. The summed E-state index contributed by atoms with van der Waals surface area (Å²) in [6.07, 6.45) is 1.13. The van der Waals surface area contributed by atoms with Crippen LogP contribution >= 0.6 is 22.7 Å². The van der Waals surface area contributed by atoms with Crippen LogP contribution in [0.5, 0.6) is 0 Å². The first-order valence-electron chi connectivity index (χ1n) is 6.60. The Bertz CT molecular complexity index is 909. The molecule has 0 radical (unpaired) electrons. The first kappa shape index (κ1) is 11.4. The van der Waals surface area contributed by atoms with Gasteiger partial charge < -0.3 is 0 Å². The van der Waals surface area contributed by atoms with Crippen molar-refractivity contribution < 1.29 is 0 Å². The standard InChI is InChI=1S/C17H14S2/c1-3-12-7-11-8-14-13-6-10(2)4-5-15(13)19-17(14)9-16(11)18-12/h4-9H,3H2,1-2H3. The fourth-order valence-corrected chi connectivity index (χ4v) is 4.86. The van der Waals surface area contributed by atoms with E-state index < -0.39 is 0 Å². The minimum Gasteiger partial charge on any atom is -0.140 e. The quantitative estimate of drug-likeness (QED) is 0.393. The van der Waals surface area contributed by atoms with Crippen molar-refractivity contribution in [2.24, 2.45) is 0 Å². The fraction of sp³-hybridized carbons (Fsp3) is 0.176. The molecule has 0 saturated heterocycles. The minimum absolute atomic E-state index is 1.13. The van der Waals surface area contributed by atoms with E-state index in [4.69, 9.17) is 0 Å². The second-order valence-corrected chi connectivity index (χ2v) is 7.31. The van der Waals surface area contributed by atoms with Crippen molar-refractivity contribution in [3.8, 4) is 0 Å². The van der Waals surface area contributed by atoms with Gasteiger partial charge in [0, 0.05) is 29.7 Å². The summed E-state index contributed by atoms with van der Waals surface area (Å²) in [5.41, 5.74) is 1.34. The van der Waals surface area contributed by atoms with E-state index in [1.54, 1.807) is 0 Å². The van der Waals surface area contributed by atoms with Gasteiger partial charge in [-0.2, -0.15) is 0 Å². The van der Waals surface area contributed by atoms with Gasteiger partial charge in [0.25, 0.3) is 0 Å². The molecule has 0 aliphatic carbocycles. The van der Waals surface area contributed by atoms with Gasteiger partial charge in [-0.25, -0.2) is 0 Å². The molecule has 2 heteroatoms. The van der Waals surface area contributed by atoms with E-state index in [1.807, 2.05) is 22.7 Å². The molecule has 0 nitrogen and oxygen atoms in total. The van der Waals surface area contributed by atoms with Crippen LogP contribution in [0.1, 0.15) is 17.4 Å². The van der Waals surface area contributed by atoms with Crippen LogP contribution in [-0.2, 0) is 6.42 Å². The lowest BCUT2D eigenvalue weighted by atomic mass is 10.1. The van der Waals surface area contributed by atoms with Crippen LogP contribution in [0, 0.1) is 6.92 Å². The van der Waals surface area contributed by atoms with Crippen LogP contribution in [0.4, 0.5) is 0 Å². The SMILES string of the molecule is CCc1cc2cc3c(cc2s1)sc1ccc(C)cc13. The van der Waals surface area contributed by atoms with Gasteiger partial charge in [0.05, 0.1) is 0 Å². The highest BCUT2D eigenvalue weighted by atomic mass is 32.1. The number of thiophene rings is 2. The molecule has 0 unspecified atom stereocenters. The first-order chi connectivity index (χ1) is 9.24. The third-order valence-corrected chi connectivity index (χ3v) is 6.04. The van der Waals surface area contributed by atoms with Crippen molar-refractivity contribution in [3.63, 3.8) is 0 Å². The molecule has 2 heterocycles. The summed E-state index contributed by atoms with van der Waals surface area (Å²) in [4.78, 5) is 1.48. The van der Waals surface area contributed by atoms with E-state index in [-0.39, 0.29) is 0 Å². The predicted molar refractivity (Wildman–Crippen MR) is 88.8 cm³/mol. The average molecular weight is 282 g/mol. The normalized spacial score (nSPS) is 11.9. The Morgan fingerprint density at radius 3 is 2.53 bits per heavy atom. The molecule has 0 N–H and O–H groups in total. The maximum absolute atomic E-state index is 2.37. The first-order valence-corrected chi connectivity index (χ1v) is 8.23. The molecule has 94 valence electrons. The molecule has 19 heavy (non-hydrogen) atoms. The Kier molecular flexibility index (Phi) is 2.44. The number of rotatable bonds is 1. The Hall–Kier alpha value is -1.38. The zero-order chi connectivity index (χ0) is 13.0. The second-order valence-electron chi connectivity index (χ2n) is 5.05. The van der Waals surface area contributed by atoms with Gasteiger partial charge in [0.2, 0.25) is 0 Å². The van der Waals surface area contributed by atoms with Crippen LogP contribution < -0.4 is 0 Å². The molecule has 0 aliphatic rings. The van der Waals surface area contributed by atoms with Crippen molar-refractivity contribution >= 4 is 52.9 Å². The molecule has 0 spiro atoms. The van der Waals surface area contributed by atoms with E-state index in [0.29, 0.717) is 0 Å². The monoisotopic (exact) mass is 282 g/mol. The molecule has 0 fully saturated rings. The number of aryl methyl sites for hydroxylation is 2. The van der Waals surface area contributed by atoms with Crippen molar-refractivity contribution in [1.29, 1.82) is 0 Å². The zero-order valence-corrected chi connectivity index (χ0v) is 12.6. The predicted octanol–water partition coefficient (Wildman–Crippen LogP) is 6.14. The van der Waals surface area contributed by atoms with Gasteiger partial charge in [0.15, 0.2) is 0 Å². The van der Waals surface area contributed by atoms with Gasteiger partial charge in [-0.3, -0.25) is 0 Å². The van der Waals surface area contributed by atoms with Crippen LogP contribution in [0.15, 0.2) is 36.4 Å². The third kappa shape index (κ3) is 1.71. The molecular weight excluding hydrogens is 268 g/mol. The number of fused-ring (bicyclic) bond motifs is 4. The average Bonchev–Trinajstić information content (AvgIpc) is 2.96. The molecule has 4 aromatic rings. The van der Waals surface area contributed by atoms with Crippen molar-refractivity contribution in [3.05, 3.63) is 46.8 Å². The summed E-state index contributed by atoms with van der Waals surface area (Å²) in [5, 5.41) is 4.22. The Labute approximate surface area is 120 Å². The van der Waals surface area contributed by atoms with Gasteiger partial charge in [0.1, 0.15) is 0 Å². The molecule has 4 rings (SSSR count). The fourth-order valence-electron chi connectivity index (χ4n) is 2.65. The Morgan fingerprint density at radius 2 is 1.68 bits per heavy atom. The lowest BCUT2D eigenvalue weighted by Crippen LogP contribution is -1.70. The van der Waals surface area contributed by atoms with Crippen LogP contribution in [0.25, 0.3) is 30.3 Å². The molecule has 0 atom stereocenters. The molecular formula is C17H14S2. The molecule has 0 saturated carbocycles. The largest absolute Gasteiger partial charge is 0.140 e. The summed E-state index contributed by atoms with van der Waals surface area (Å²) >= 11 is 3.84. The summed E-state index contributed by atoms with van der Waals surface area (Å²) in [6, 6.07) is 13.9. The number of hydrogen-bond acceptors (Lipinski definition) is 2. The second kappa shape index (κ2) is 4.06. The lowest BCUT2D eigenvalue weighted by molar-refractivity contribution is 1.19. The van der Waals surface area contributed by atoms with Crippen LogP contribution in [0.2, 0.25) is 0 Å². The highest BCUT2D eigenvalue weighted by molar-refractivity contribution is 7.26. The van der Waals surface area contributed by atoms with Gasteiger partial charge in [-0.05, 0) is 49.1 Å². The van der Waals surface area contributed by atoms with E-state index in [1.165, 1.54) is 40.7 Å². The number of benzene rings is 2. The van der Waals surface area contributed by atoms with E-state index in [9.17, 15) is 0 Å². The molecule has 2 aromatic heterocycles. The molecule has 2 aromatic carbocycles.